The Kier molecular flexibility index (Phi) is 27.0. The lowest BCUT2D eigenvalue weighted by molar-refractivity contribution is -0.137. The zero-order valence-electron chi connectivity index (χ0n) is 18.8. The van der Waals surface area contributed by atoms with Crippen molar-refractivity contribution in [2.75, 3.05) is 6.61 Å². The molecule has 0 aliphatic rings. The van der Waals surface area contributed by atoms with E-state index in [4.69, 9.17) is 10.2 Å². The van der Waals surface area contributed by atoms with Gasteiger partial charge < -0.3 is 10.2 Å². The molecule has 0 spiro atoms. The summed E-state index contributed by atoms with van der Waals surface area (Å²) in [6, 6.07) is 0. The number of aliphatic carboxylic acids is 1. The maximum Gasteiger partial charge on any atom is 0.303 e. The average molecular weight is 387 g/mol. The molecule has 0 radical (unpaired) electrons. The van der Waals surface area contributed by atoms with Gasteiger partial charge >= 0.3 is 5.97 Å². The summed E-state index contributed by atoms with van der Waals surface area (Å²) < 4.78 is 0. The molecular weight excluding hydrogens is 336 g/mol. The molecule has 0 fully saturated rings. The molecule has 0 aromatic carbocycles. The summed E-state index contributed by atoms with van der Waals surface area (Å²) in [5.74, 6) is 0.168. The normalized spacial score (nSPS) is 10.7. The van der Waals surface area contributed by atoms with Gasteiger partial charge in [0.05, 0.1) is 0 Å². The van der Waals surface area contributed by atoms with Crippen molar-refractivity contribution in [1.29, 1.82) is 0 Å². The number of hydrogen-bond donors (Lipinski definition) is 2. The smallest absolute Gasteiger partial charge is 0.303 e. The summed E-state index contributed by atoms with van der Waals surface area (Å²) in [6.45, 7) is 7.09. The van der Waals surface area contributed by atoms with E-state index < -0.39 is 5.97 Å². The Morgan fingerprint density at radius 2 is 1.07 bits per heavy atom. The van der Waals surface area contributed by atoms with Gasteiger partial charge in [0.25, 0.3) is 0 Å². The molecule has 2 N–H and O–H groups in total. The average Bonchev–Trinajstić information content (AvgIpc) is 2.63. The Morgan fingerprint density at radius 3 is 1.44 bits per heavy atom. The summed E-state index contributed by atoms with van der Waals surface area (Å²) in [4.78, 5) is 10.3. The summed E-state index contributed by atoms with van der Waals surface area (Å²) in [5, 5.41) is 16.9. The summed E-state index contributed by atoms with van der Waals surface area (Å²) in [7, 11) is 0. The first-order chi connectivity index (χ1) is 13.0. The van der Waals surface area contributed by atoms with Crippen molar-refractivity contribution in [1.82, 2.24) is 0 Å². The molecule has 0 aliphatic heterocycles. The third-order valence-corrected chi connectivity index (χ3v) is 4.93. The van der Waals surface area contributed by atoms with E-state index in [0.29, 0.717) is 13.0 Å². The first-order valence-corrected chi connectivity index (χ1v) is 11.9. The molecule has 0 heterocycles. The van der Waals surface area contributed by atoms with E-state index in [1.165, 1.54) is 89.9 Å². The lowest BCUT2D eigenvalue weighted by atomic mass is 10.0. The van der Waals surface area contributed by atoms with E-state index in [2.05, 4.69) is 20.8 Å². The van der Waals surface area contributed by atoms with Crippen molar-refractivity contribution in [2.45, 2.75) is 136 Å². The van der Waals surface area contributed by atoms with Gasteiger partial charge in [-0.25, -0.2) is 0 Å². The molecule has 0 atom stereocenters. The van der Waals surface area contributed by atoms with Gasteiger partial charge in [-0.15, -0.1) is 0 Å². The minimum Gasteiger partial charge on any atom is -0.481 e. The molecule has 0 aromatic rings. The SMILES string of the molecule is CC(C)CCCCCO.CCCCCCCCCCCCCCCC(=O)O. The van der Waals surface area contributed by atoms with Gasteiger partial charge in [-0.2, -0.15) is 0 Å². The molecule has 3 heteroatoms. The van der Waals surface area contributed by atoms with Crippen LogP contribution in [0.5, 0.6) is 0 Å². The van der Waals surface area contributed by atoms with E-state index in [-0.39, 0.29) is 0 Å². The van der Waals surface area contributed by atoms with E-state index in [0.717, 1.165) is 25.2 Å². The Hall–Kier alpha value is -0.570. The number of aliphatic hydroxyl groups is 1. The summed E-state index contributed by atoms with van der Waals surface area (Å²) in [6.07, 6.45) is 22.0. The van der Waals surface area contributed by atoms with Crippen LogP contribution in [0.2, 0.25) is 0 Å². The van der Waals surface area contributed by atoms with Crippen LogP contribution in [-0.4, -0.2) is 22.8 Å². The molecule has 0 rings (SSSR count). The fourth-order valence-corrected chi connectivity index (χ4v) is 3.14. The predicted molar refractivity (Wildman–Crippen MR) is 118 cm³/mol. The Balaban J connectivity index is 0. The molecule has 0 saturated heterocycles. The molecule has 0 aliphatic carbocycles. The summed E-state index contributed by atoms with van der Waals surface area (Å²) >= 11 is 0. The lowest BCUT2D eigenvalue weighted by Gasteiger charge is -2.02. The van der Waals surface area contributed by atoms with Crippen molar-refractivity contribution < 1.29 is 15.0 Å². The fraction of sp³-hybridized carbons (Fsp3) is 0.958. The summed E-state index contributed by atoms with van der Waals surface area (Å²) in [5.41, 5.74) is 0. The van der Waals surface area contributed by atoms with Crippen molar-refractivity contribution in [3.63, 3.8) is 0 Å². The van der Waals surface area contributed by atoms with Crippen LogP contribution < -0.4 is 0 Å². The third kappa shape index (κ3) is 33.4. The van der Waals surface area contributed by atoms with Crippen LogP contribution >= 0.6 is 0 Å². The van der Waals surface area contributed by atoms with E-state index >= 15 is 0 Å². The Labute approximate surface area is 170 Å². The monoisotopic (exact) mass is 386 g/mol. The minimum atomic E-state index is -0.655. The second kappa shape index (κ2) is 25.4. The van der Waals surface area contributed by atoms with Crippen molar-refractivity contribution in [3.8, 4) is 0 Å². The van der Waals surface area contributed by atoms with Gasteiger partial charge in [0.15, 0.2) is 0 Å². The number of carboxylic acids is 1. The highest BCUT2D eigenvalue weighted by Crippen LogP contribution is 2.12. The number of hydrogen-bond acceptors (Lipinski definition) is 2. The highest BCUT2D eigenvalue weighted by molar-refractivity contribution is 5.66. The number of rotatable bonds is 19. The Bertz CT molecular complexity index is 277. The molecule has 27 heavy (non-hydrogen) atoms. The van der Waals surface area contributed by atoms with E-state index in [1.807, 2.05) is 0 Å². The van der Waals surface area contributed by atoms with Crippen molar-refractivity contribution in [3.05, 3.63) is 0 Å². The van der Waals surface area contributed by atoms with E-state index in [9.17, 15) is 4.79 Å². The molecule has 0 unspecified atom stereocenters. The zero-order valence-corrected chi connectivity index (χ0v) is 18.8. The second-order valence-corrected chi connectivity index (χ2v) is 8.35. The van der Waals surface area contributed by atoms with Crippen LogP contribution in [-0.2, 0) is 4.79 Å². The van der Waals surface area contributed by atoms with Crippen molar-refractivity contribution in [2.24, 2.45) is 5.92 Å². The van der Waals surface area contributed by atoms with Gasteiger partial charge in [0, 0.05) is 13.0 Å². The van der Waals surface area contributed by atoms with Crippen molar-refractivity contribution >= 4 is 5.97 Å². The number of carboxylic acid groups (broad SMARTS) is 1. The second-order valence-electron chi connectivity index (χ2n) is 8.35. The first-order valence-electron chi connectivity index (χ1n) is 11.9. The largest absolute Gasteiger partial charge is 0.481 e. The van der Waals surface area contributed by atoms with Crippen LogP contribution in [0.15, 0.2) is 0 Å². The molecule has 164 valence electrons. The van der Waals surface area contributed by atoms with Crippen LogP contribution in [0.1, 0.15) is 136 Å². The highest BCUT2D eigenvalue weighted by atomic mass is 16.4. The zero-order chi connectivity index (χ0) is 20.6. The maximum atomic E-state index is 10.3. The van der Waals surface area contributed by atoms with Gasteiger partial charge in [-0.3, -0.25) is 4.79 Å². The molecule has 0 saturated carbocycles. The van der Waals surface area contributed by atoms with Crippen LogP contribution in [0.4, 0.5) is 0 Å². The highest BCUT2D eigenvalue weighted by Gasteiger charge is 1.97. The fourth-order valence-electron chi connectivity index (χ4n) is 3.14. The van der Waals surface area contributed by atoms with Crippen LogP contribution in [0, 0.1) is 5.92 Å². The first kappa shape index (κ1) is 28.6. The number of carbonyl (C=O) groups is 1. The number of aliphatic hydroxyl groups excluding tert-OH is 1. The molecule has 0 aromatic heterocycles. The molecular formula is C24H50O3. The quantitative estimate of drug-likeness (QED) is 0.223. The van der Waals surface area contributed by atoms with E-state index in [1.54, 1.807) is 0 Å². The van der Waals surface area contributed by atoms with Crippen LogP contribution in [0.25, 0.3) is 0 Å². The maximum absolute atomic E-state index is 10.3. The lowest BCUT2D eigenvalue weighted by Crippen LogP contribution is -1.93. The molecule has 0 amide bonds. The topological polar surface area (TPSA) is 57.5 Å². The Morgan fingerprint density at radius 1 is 0.667 bits per heavy atom. The molecule has 3 nitrogen and oxygen atoms in total. The standard InChI is InChI=1S/C16H32O2.C8H18O/c1-2-3-4-5-6-7-8-9-10-11-12-13-14-15-16(17)18;1-8(2)6-4-3-5-7-9/h2-15H2,1H3,(H,17,18);8-9H,3-7H2,1-2H3. The minimum absolute atomic E-state index is 0.345. The van der Waals surface area contributed by atoms with Crippen LogP contribution in [0.3, 0.4) is 0 Å². The van der Waals surface area contributed by atoms with Gasteiger partial charge in [0.1, 0.15) is 0 Å². The number of unbranched alkanes of at least 4 members (excludes halogenated alkanes) is 14. The van der Waals surface area contributed by atoms with Gasteiger partial charge in [-0.1, -0.05) is 117 Å². The molecule has 0 bridgehead atoms. The third-order valence-electron chi connectivity index (χ3n) is 4.93. The van der Waals surface area contributed by atoms with Gasteiger partial charge in [-0.05, 0) is 18.8 Å². The predicted octanol–water partition coefficient (Wildman–Crippen LogP) is 7.75. The van der Waals surface area contributed by atoms with Gasteiger partial charge in [0.2, 0.25) is 0 Å².